The molecule has 1 aliphatic rings. The molecule has 0 atom stereocenters. The Morgan fingerprint density at radius 1 is 1.40 bits per heavy atom. The van der Waals surface area contributed by atoms with Crippen LogP contribution in [-0.2, 0) is 0 Å². The van der Waals surface area contributed by atoms with Crippen LogP contribution in [0.1, 0.15) is 17.4 Å². The maximum absolute atomic E-state index is 9.42. The Bertz CT molecular complexity index is 940. The Balaban J connectivity index is 2.18. The molecular weight excluding hydrogens is 336 g/mol. The van der Waals surface area contributed by atoms with Gasteiger partial charge >= 0.3 is 0 Å². The van der Waals surface area contributed by atoms with Gasteiger partial charge in [-0.3, -0.25) is 0 Å². The summed E-state index contributed by atoms with van der Waals surface area (Å²) >= 11 is 1.62. The summed E-state index contributed by atoms with van der Waals surface area (Å²) in [4.78, 5) is 5.11. The molecule has 0 fully saturated rings. The predicted molar refractivity (Wildman–Crippen MR) is 104 cm³/mol. The van der Waals surface area contributed by atoms with E-state index in [9.17, 15) is 5.11 Å². The number of aryl methyl sites for hydroxylation is 1. The maximum Gasteiger partial charge on any atom is 0.151 e. The lowest BCUT2D eigenvalue weighted by atomic mass is 10.1. The molecule has 0 bridgehead atoms. The highest BCUT2D eigenvalue weighted by molar-refractivity contribution is 7.20. The van der Waals surface area contributed by atoms with Gasteiger partial charge < -0.3 is 15.6 Å². The number of nitrogens with zero attached hydrogens (tertiary/aromatic N) is 3. The van der Waals surface area contributed by atoms with E-state index in [1.807, 2.05) is 19.9 Å². The second kappa shape index (κ2) is 6.70. The number of ether oxygens (including phenoxy) is 1. The topological polar surface area (TPSA) is 83.4 Å². The molecule has 130 valence electrons. The van der Waals surface area contributed by atoms with E-state index in [-0.39, 0.29) is 6.61 Å². The number of benzene rings is 1. The van der Waals surface area contributed by atoms with Crippen molar-refractivity contribution in [1.82, 2.24) is 5.01 Å². The zero-order valence-electron chi connectivity index (χ0n) is 14.4. The van der Waals surface area contributed by atoms with Crippen LogP contribution in [0.2, 0.25) is 0 Å². The number of nitrogens with two attached hydrogens (primary N) is 1. The molecule has 2 aromatic rings. The molecule has 0 saturated heterocycles. The van der Waals surface area contributed by atoms with Gasteiger partial charge in [0.1, 0.15) is 17.8 Å². The van der Waals surface area contributed by atoms with Gasteiger partial charge in [-0.2, -0.15) is 5.10 Å². The van der Waals surface area contributed by atoms with Crippen LogP contribution >= 0.6 is 11.3 Å². The van der Waals surface area contributed by atoms with Gasteiger partial charge in [-0.05, 0) is 42.5 Å². The standard InChI is InChI=1S/C18H20N4O2S/c1-10-5-13-7-15(25-17(13)14(6-10)24-4)12(3)16-18(19)20-9-21-22(16)11(2)8-23/h5-7,9,23H,2,8H2,1,3-4H3,(H2,19,20,21)/b16-12+. The van der Waals surface area contributed by atoms with Gasteiger partial charge in [-0.1, -0.05) is 12.6 Å². The maximum atomic E-state index is 9.42. The van der Waals surface area contributed by atoms with Gasteiger partial charge in [0.25, 0.3) is 0 Å². The second-order valence-corrected chi connectivity index (χ2v) is 6.80. The van der Waals surface area contributed by atoms with Gasteiger partial charge in [0, 0.05) is 4.88 Å². The van der Waals surface area contributed by atoms with Crippen LogP contribution in [0.15, 0.2) is 46.3 Å². The van der Waals surface area contributed by atoms with Crippen LogP contribution in [0.25, 0.3) is 15.7 Å². The fourth-order valence-corrected chi connectivity index (χ4v) is 3.88. The predicted octanol–water partition coefficient (Wildman–Crippen LogP) is 3.07. The van der Waals surface area contributed by atoms with Crippen molar-refractivity contribution in [2.24, 2.45) is 15.8 Å². The van der Waals surface area contributed by atoms with Gasteiger partial charge in [0.05, 0.1) is 24.1 Å². The average Bonchev–Trinajstić information content (AvgIpc) is 3.03. The number of amidine groups is 1. The number of rotatable bonds is 4. The number of fused-ring (bicyclic) bond motifs is 1. The summed E-state index contributed by atoms with van der Waals surface area (Å²) in [5.74, 6) is 1.19. The molecule has 6 nitrogen and oxygen atoms in total. The van der Waals surface area contributed by atoms with Crippen molar-refractivity contribution >= 4 is 39.2 Å². The molecular formula is C18H20N4O2S. The van der Waals surface area contributed by atoms with Crippen molar-refractivity contribution in [1.29, 1.82) is 0 Å². The highest BCUT2D eigenvalue weighted by atomic mass is 32.1. The van der Waals surface area contributed by atoms with Crippen LogP contribution in [0.3, 0.4) is 0 Å². The smallest absolute Gasteiger partial charge is 0.151 e. The SMILES string of the molecule is C=C(CO)N1N=CN=C(N)/C1=C(/C)c1cc2cc(C)cc(OC)c2s1. The first-order chi connectivity index (χ1) is 12.0. The lowest BCUT2D eigenvalue weighted by Gasteiger charge is -2.26. The first-order valence-electron chi connectivity index (χ1n) is 7.70. The number of aliphatic hydroxyl groups is 1. The summed E-state index contributed by atoms with van der Waals surface area (Å²) < 4.78 is 6.58. The molecule has 3 rings (SSSR count). The molecule has 0 aliphatic carbocycles. The van der Waals surface area contributed by atoms with E-state index in [0.717, 1.165) is 31.8 Å². The fraction of sp³-hybridized carbons (Fsp3) is 0.222. The molecule has 0 spiro atoms. The molecule has 7 heteroatoms. The van der Waals surface area contributed by atoms with E-state index in [0.29, 0.717) is 17.2 Å². The number of methoxy groups -OCH3 is 1. The van der Waals surface area contributed by atoms with E-state index >= 15 is 0 Å². The Morgan fingerprint density at radius 3 is 2.84 bits per heavy atom. The molecule has 2 heterocycles. The van der Waals surface area contributed by atoms with E-state index in [1.165, 1.54) is 11.3 Å². The summed E-state index contributed by atoms with van der Waals surface area (Å²) in [5, 5.41) is 16.3. The highest BCUT2D eigenvalue weighted by Crippen LogP contribution is 2.39. The normalized spacial score (nSPS) is 16.2. The number of hydrogen-bond acceptors (Lipinski definition) is 7. The summed E-state index contributed by atoms with van der Waals surface area (Å²) in [6, 6.07) is 6.24. The fourth-order valence-electron chi connectivity index (χ4n) is 2.74. The molecule has 0 radical (unpaired) electrons. The minimum atomic E-state index is -0.221. The first kappa shape index (κ1) is 17.2. The molecule has 0 unspecified atom stereocenters. The third-order valence-electron chi connectivity index (χ3n) is 3.97. The van der Waals surface area contributed by atoms with E-state index in [1.54, 1.807) is 18.4 Å². The van der Waals surface area contributed by atoms with Gasteiger partial charge in [-0.15, -0.1) is 11.3 Å². The number of allylic oxidation sites excluding steroid dienone is 1. The Hall–Kier alpha value is -2.64. The van der Waals surface area contributed by atoms with Crippen molar-refractivity contribution < 1.29 is 9.84 Å². The lowest BCUT2D eigenvalue weighted by Crippen LogP contribution is -2.32. The Labute approximate surface area is 150 Å². The summed E-state index contributed by atoms with van der Waals surface area (Å²) in [6.07, 6.45) is 1.35. The average molecular weight is 356 g/mol. The van der Waals surface area contributed by atoms with Crippen LogP contribution in [0.5, 0.6) is 5.75 Å². The van der Waals surface area contributed by atoms with E-state index in [2.05, 4.69) is 28.8 Å². The van der Waals surface area contributed by atoms with Crippen molar-refractivity contribution in [3.05, 3.63) is 46.6 Å². The van der Waals surface area contributed by atoms with Crippen LogP contribution in [0.4, 0.5) is 0 Å². The summed E-state index contributed by atoms with van der Waals surface area (Å²) in [5.41, 5.74) is 9.20. The third-order valence-corrected chi connectivity index (χ3v) is 5.26. The quantitative estimate of drug-likeness (QED) is 0.882. The van der Waals surface area contributed by atoms with E-state index < -0.39 is 0 Å². The number of thiophene rings is 1. The van der Waals surface area contributed by atoms with Crippen LogP contribution in [0, 0.1) is 6.92 Å². The zero-order valence-corrected chi connectivity index (χ0v) is 15.2. The molecule has 0 amide bonds. The van der Waals surface area contributed by atoms with Crippen molar-refractivity contribution in [2.75, 3.05) is 13.7 Å². The van der Waals surface area contributed by atoms with Crippen LogP contribution in [-0.4, -0.2) is 36.0 Å². The van der Waals surface area contributed by atoms with Crippen molar-refractivity contribution in [3.8, 4) is 5.75 Å². The summed E-state index contributed by atoms with van der Waals surface area (Å²) in [6.45, 7) is 7.62. The minimum absolute atomic E-state index is 0.221. The monoisotopic (exact) mass is 356 g/mol. The number of hydrogen-bond donors (Lipinski definition) is 2. The second-order valence-electron chi connectivity index (χ2n) is 5.75. The van der Waals surface area contributed by atoms with Crippen molar-refractivity contribution in [2.45, 2.75) is 13.8 Å². The molecule has 25 heavy (non-hydrogen) atoms. The first-order valence-corrected chi connectivity index (χ1v) is 8.52. The minimum Gasteiger partial charge on any atom is -0.495 e. The Morgan fingerprint density at radius 2 is 2.16 bits per heavy atom. The third kappa shape index (κ3) is 3.04. The number of aliphatic imine (C=N–C) groups is 1. The zero-order chi connectivity index (χ0) is 18.1. The van der Waals surface area contributed by atoms with Gasteiger partial charge in [0.2, 0.25) is 0 Å². The lowest BCUT2D eigenvalue weighted by molar-refractivity contribution is 0.286. The molecule has 1 aromatic heterocycles. The van der Waals surface area contributed by atoms with Crippen LogP contribution < -0.4 is 10.5 Å². The van der Waals surface area contributed by atoms with Gasteiger partial charge in [-0.25, -0.2) is 10.0 Å². The Kier molecular flexibility index (Phi) is 4.61. The molecule has 1 aromatic carbocycles. The molecule has 0 saturated carbocycles. The molecule has 1 aliphatic heterocycles. The van der Waals surface area contributed by atoms with Crippen molar-refractivity contribution in [3.63, 3.8) is 0 Å². The van der Waals surface area contributed by atoms with Gasteiger partial charge in [0.15, 0.2) is 5.84 Å². The van der Waals surface area contributed by atoms with E-state index in [4.69, 9.17) is 10.5 Å². The molecule has 3 N–H and O–H groups in total. The largest absolute Gasteiger partial charge is 0.495 e. The number of aliphatic hydroxyl groups excluding tert-OH is 1. The highest BCUT2D eigenvalue weighted by Gasteiger charge is 2.23. The summed E-state index contributed by atoms with van der Waals surface area (Å²) in [7, 11) is 1.67. The number of hydrazone groups is 1.